The number of imidazole rings is 1. The van der Waals surface area contributed by atoms with E-state index in [1.165, 1.54) is 11.1 Å². The van der Waals surface area contributed by atoms with Gasteiger partial charge in [0, 0.05) is 25.1 Å². The van der Waals surface area contributed by atoms with Crippen molar-refractivity contribution in [3.63, 3.8) is 0 Å². The standard InChI is InChI=1S/C29H33N3O2/c1-21-18-22(2)20-24(19-21)34-17-9-8-16-32-27-13-7-6-12-26(27)31-28(32)14-15-30-29(33)25-11-5-4-10-23(25)3/h4-7,10-13,18-20H,8-9,14-17H2,1-3H3,(H,30,33). The predicted octanol–water partition coefficient (Wildman–Crippen LogP) is 5.79. The average Bonchev–Trinajstić information content (AvgIpc) is 3.16. The summed E-state index contributed by atoms with van der Waals surface area (Å²) in [6.07, 6.45) is 2.64. The molecule has 0 saturated heterocycles. The van der Waals surface area contributed by atoms with E-state index < -0.39 is 0 Å². The van der Waals surface area contributed by atoms with Crippen molar-refractivity contribution in [2.75, 3.05) is 13.2 Å². The second kappa shape index (κ2) is 11.0. The Hall–Kier alpha value is -3.60. The summed E-state index contributed by atoms with van der Waals surface area (Å²) < 4.78 is 8.26. The molecule has 1 N–H and O–H groups in total. The van der Waals surface area contributed by atoms with Crippen LogP contribution in [0.3, 0.4) is 0 Å². The highest BCUT2D eigenvalue weighted by atomic mass is 16.5. The van der Waals surface area contributed by atoms with Crippen LogP contribution in [0.25, 0.3) is 11.0 Å². The molecular formula is C29H33N3O2. The number of ether oxygens (including phenoxy) is 1. The van der Waals surface area contributed by atoms with Crippen molar-refractivity contribution in [2.45, 2.75) is 46.6 Å². The number of carbonyl (C=O) groups excluding carboxylic acids is 1. The number of benzene rings is 3. The maximum Gasteiger partial charge on any atom is 0.251 e. The number of rotatable bonds is 10. The average molecular weight is 456 g/mol. The lowest BCUT2D eigenvalue weighted by Crippen LogP contribution is -2.27. The summed E-state index contributed by atoms with van der Waals surface area (Å²) >= 11 is 0. The molecule has 5 heteroatoms. The molecule has 0 atom stereocenters. The number of hydrogen-bond donors (Lipinski definition) is 1. The van der Waals surface area contributed by atoms with Crippen LogP contribution in [0.1, 0.15) is 45.7 Å². The van der Waals surface area contributed by atoms with Gasteiger partial charge >= 0.3 is 0 Å². The van der Waals surface area contributed by atoms with Crippen LogP contribution in [0.15, 0.2) is 66.7 Å². The summed E-state index contributed by atoms with van der Waals surface area (Å²) in [6, 6.07) is 22.2. The van der Waals surface area contributed by atoms with E-state index >= 15 is 0 Å². The number of amides is 1. The molecule has 5 nitrogen and oxygen atoms in total. The van der Waals surface area contributed by atoms with E-state index in [1.807, 2.05) is 49.4 Å². The molecule has 1 amide bonds. The third-order valence-corrected chi connectivity index (χ3v) is 6.00. The maximum atomic E-state index is 12.6. The van der Waals surface area contributed by atoms with Gasteiger partial charge in [0.1, 0.15) is 11.6 Å². The number of hydrogen-bond acceptors (Lipinski definition) is 3. The monoisotopic (exact) mass is 455 g/mol. The number of nitrogens with one attached hydrogen (secondary N) is 1. The van der Waals surface area contributed by atoms with Crippen molar-refractivity contribution in [1.29, 1.82) is 0 Å². The topological polar surface area (TPSA) is 56.1 Å². The van der Waals surface area contributed by atoms with Gasteiger partial charge in [-0.3, -0.25) is 4.79 Å². The summed E-state index contributed by atoms with van der Waals surface area (Å²) in [7, 11) is 0. The van der Waals surface area contributed by atoms with Gasteiger partial charge in [0.25, 0.3) is 5.91 Å². The van der Waals surface area contributed by atoms with Crippen molar-refractivity contribution in [1.82, 2.24) is 14.9 Å². The molecule has 0 radical (unpaired) electrons. The number of carbonyl (C=O) groups is 1. The quantitative estimate of drug-likeness (QED) is 0.308. The number of aryl methyl sites for hydroxylation is 4. The second-order valence-corrected chi connectivity index (χ2v) is 8.87. The number of unbranched alkanes of at least 4 members (excludes halogenated alkanes) is 1. The van der Waals surface area contributed by atoms with Crippen LogP contribution in [0.4, 0.5) is 0 Å². The molecule has 0 aliphatic rings. The third-order valence-electron chi connectivity index (χ3n) is 6.00. The first kappa shape index (κ1) is 23.6. The largest absolute Gasteiger partial charge is 0.494 e. The van der Waals surface area contributed by atoms with Gasteiger partial charge in [-0.25, -0.2) is 4.98 Å². The van der Waals surface area contributed by atoms with E-state index in [9.17, 15) is 4.79 Å². The zero-order chi connectivity index (χ0) is 23.9. The SMILES string of the molecule is Cc1cc(C)cc(OCCCCn2c(CCNC(=O)c3ccccc3C)nc3ccccc32)c1. The lowest BCUT2D eigenvalue weighted by Gasteiger charge is -2.12. The normalized spacial score (nSPS) is 11.0. The number of nitrogens with zero attached hydrogens (tertiary/aromatic N) is 2. The minimum atomic E-state index is -0.0377. The van der Waals surface area contributed by atoms with Gasteiger partial charge in [0.05, 0.1) is 17.6 Å². The molecule has 34 heavy (non-hydrogen) atoms. The van der Waals surface area contributed by atoms with Crippen molar-refractivity contribution in [3.8, 4) is 5.75 Å². The van der Waals surface area contributed by atoms with E-state index in [-0.39, 0.29) is 5.91 Å². The molecule has 0 saturated carbocycles. The van der Waals surface area contributed by atoms with E-state index in [0.29, 0.717) is 19.6 Å². The van der Waals surface area contributed by atoms with E-state index in [0.717, 1.165) is 53.1 Å². The van der Waals surface area contributed by atoms with Crippen molar-refractivity contribution >= 4 is 16.9 Å². The van der Waals surface area contributed by atoms with Crippen LogP contribution < -0.4 is 10.1 Å². The summed E-state index contributed by atoms with van der Waals surface area (Å²) in [4.78, 5) is 17.4. The van der Waals surface area contributed by atoms with Gasteiger partial charge in [-0.05, 0) is 80.6 Å². The Morgan fingerprint density at radius 3 is 2.47 bits per heavy atom. The summed E-state index contributed by atoms with van der Waals surface area (Å²) in [5.74, 6) is 1.90. The van der Waals surface area contributed by atoms with Crippen LogP contribution in [0.2, 0.25) is 0 Å². The van der Waals surface area contributed by atoms with Crippen LogP contribution in [0, 0.1) is 20.8 Å². The molecule has 0 spiro atoms. The van der Waals surface area contributed by atoms with Gasteiger partial charge < -0.3 is 14.6 Å². The minimum absolute atomic E-state index is 0.0377. The van der Waals surface area contributed by atoms with Crippen LogP contribution in [-0.2, 0) is 13.0 Å². The first-order valence-corrected chi connectivity index (χ1v) is 12.0. The van der Waals surface area contributed by atoms with Gasteiger partial charge in [0.2, 0.25) is 0 Å². The van der Waals surface area contributed by atoms with Gasteiger partial charge in [-0.15, -0.1) is 0 Å². The Bertz CT molecular complexity index is 1260. The number of para-hydroxylation sites is 2. The maximum absolute atomic E-state index is 12.6. The fraction of sp³-hybridized carbons (Fsp3) is 0.310. The Labute approximate surface area is 201 Å². The van der Waals surface area contributed by atoms with E-state index in [4.69, 9.17) is 9.72 Å². The summed E-state index contributed by atoms with van der Waals surface area (Å²) in [6.45, 7) is 8.25. The summed E-state index contributed by atoms with van der Waals surface area (Å²) in [5.41, 5.74) is 6.28. The highest BCUT2D eigenvalue weighted by Crippen LogP contribution is 2.19. The van der Waals surface area contributed by atoms with Crippen molar-refractivity contribution in [2.24, 2.45) is 0 Å². The zero-order valence-electron chi connectivity index (χ0n) is 20.3. The molecular weight excluding hydrogens is 422 g/mol. The highest BCUT2D eigenvalue weighted by molar-refractivity contribution is 5.95. The van der Waals surface area contributed by atoms with Gasteiger partial charge in [-0.2, -0.15) is 0 Å². The summed E-state index contributed by atoms with van der Waals surface area (Å²) in [5, 5.41) is 3.05. The molecule has 0 unspecified atom stereocenters. The molecule has 3 aromatic carbocycles. The minimum Gasteiger partial charge on any atom is -0.494 e. The number of aromatic nitrogens is 2. The molecule has 1 aromatic heterocycles. The predicted molar refractivity (Wildman–Crippen MR) is 138 cm³/mol. The first-order chi connectivity index (χ1) is 16.5. The lowest BCUT2D eigenvalue weighted by molar-refractivity contribution is 0.0953. The Balaban J connectivity index is 1.34. The van der Waals surface area contributed by atoms with Crippen molar-refractivity contribution in [3.05, 3.63) is 94.8 Å². The molecule has 0 bridgehead atoms. The van der Waals surface area contributed by atoms with E-state index in [2.05, 4.69) is 48.0 Å². The number of fused-ring (bicyclic) bond motifs is 1. The first-order valence-electron chi connectivity index (χ1n) is 12.0. The molecule has 0 aliphatic carbocycles. The molecule has 176 valence electrons. The Morgan fingerprint density at radius 1 is 0.941 bits per heavy atom. The molecule has 4 aromatic rings. The van der Waals surface area contributed by atoms with Crippen LogP contribution in [-0.4, -0.2) is 28.6 Å². The zero-order valence-corrected chi connectivity index (χ0v) is 20.3. The Kier molecular flexibility index (Phi) is 7.63. The third kappa shape index (κ3) is 5.84. The van der Waals surface area contributed by atoms with Crippen LogP contribution in [0.5, 0.6) is 5.75 Å². The fourth-order valence-electron chi connectivity index (χ4n) is 4.35. The lowest BCUT2D eigenvalue weighted by atomic mass is 10.1. The second-order valence-electron chi connectivity index (χ2n) is 8.87. The molecule has 0 fully saturated rings. The smallest absolute Gasteiger partial charge is 0.251 e. The van der Waals surface area contributed by atoms with Gasteiger partial charge in [0.15, 0.2) is 0 Å². The molecule has 4 rings (SSSR count). The van der Waals surface area contributed by atoms with E-state index in [1.54, 1.807) is 0 Å². The molecule has 0 aliphatic heterocycles. The van der Waals surface area contributed by atoms with Gasteiger partial charge in [-0.1, -0.05) is 36.4 Å². The van der Waals surface area contributed by atoms with Crippen molar-refractivity contribution < 1.29 is 9.53 Å². The highest BCUT2D eigenvalue weighted by Gasteiger charge is 2.12. The molecule has 1 heterocycles. The van der Waals surface area contributed by atoms with Crippen LogP contribution >= 0.6 is 0 Å². The Morgan fingerprint density at radius 2 is 1.68 bits per heavy atom. The fourth-order valence-corrected chi connectivity index (χ4v) is 4.35.